The Kier molecular flexibility index (Phi) is 11.5. The summed E-state index contributed by atoms with van der Waals surface area (Å²) in [6.07, 6.45) is 11.5. The van der Waals surface area contributed by atoms with Crippen molar-refractivity contribution in [3.05, 3.63) is 0 Å². The highest BCUT2D eigenvalue weighted by molar-refractivity contribution is 6.29. The van der Waals surface area contributed by atoms with Gasteiger partial charge in [0.15, 0.2) is 0 Å². The minimum Gasteiger partial charge on any atom is -0.121 e. The normalized spacial score (nSPS) is 15.2. The molecule has 0 spiro atoms. The molecule has 0 rings (SSSR count). The summed E-state index contributed by atoms with van der Waals surface area (Å²) in [5.41, 5.74) is 0. The molecule has 0 saturated carbocycles. The highest BCUT2D eigenvalue weighted by Crippen LogP contribution is 2.20. The maximum atomic E-state index is 6.16. The van der Waals surface area contributed by atoms with Gasteiger partial charge in [-0.25, -0.2) is 0 Å². The molecule has 2 atom stereocenters. The highest BCUT2D eigenvalue weighted by atomic mass is 35.5. The van der Waals surface area contributed by atoms with Crippen molar-refractivity contribution in [2.24, 2.45) is 0 Å². The minimum absolute atomic E-state index is 0.159. The first-order chi connectivity index (χ1) is 7.22. The summed E-state index contributed by atoms with van der Waals surface area (Å²) in [6, 6.07) is 0. The van der Waals surface area contributed by atoms with Crippen LogP contribution in [0.25, 0.3) is 0 Å². The lowest BCUT2D eigenvalue weighted by atomic mass is 10.1. The molecule has 0 heterocycles. The van der Waals surface area contributed by atoms with Gasteiger partial charge in [-0.2, -0.15) is 0 Å². The molecule has 0 aliphatic carbocycles. The number of hydrogen-bond acceptors (Lipinski definition) is 0. The van der Waals surface area contributed by atoms with E-state index in [0.29, 0.717) is 0 Å². The van der Waals surface area contributed by atoms with E-state index in [0.717, 1.165) is 12.8 Å². The first-order valence-electron chi connectivity index (χ1n) is 6.50. The van der Waals surface area contributed by atoms with Crippen molar-refractivity contribution in [2.75, 3.05) is 0 Å². The zero-order valence-corrected chi connectivity index (χ0v) is 11.8. The first kappa shape index (κ1) is 15.6. The van der Waals surface area contributed by atoms with E-state index in [1.54, 1.807) is 0 Å². The standard InChI is InChI=1S/C13H26Cl2/c1-3-5-6-7-8-9-10-11-13(15)12(14)4-2/h12-13H,3-11H2,1-2H3. The number of alkyl halides is 2. The van der Waals surface area contributed by atoms with Crippen LogP contribution in [-0.4, -0.2) is 10.8 Å². The van der Waals surface area contributed by atoms with Crippen molar-refractivity contribution in [3.8, 4) is 0 Å². The largest absolute Gasteiger partial charge is 0.121 e. The average molecular weight is 253 g/mol. The van der Waals surface area contributed by atoms with Crippen LogP contribution < -0.4 is 0 Å². The lowest BCUT2D eigenvalue weighted by molar-refractivity contribution is 0.559. The molecular formula is C13H26Cl2. The van der Waals surface area contributed by atoms with E-state index in [4.69, 9.17) is 23.2 Å². The molecule has 0 nitrogen and oxygen atoms in total. The Labute approximate surface area is 106 Å². The first-order valence-corrected chi connectivity index (χ1v) is 7.37. The van der Waals surface area contributed by atoms with Crippen LogP contribution in [0.1, 0.15) is 71.6 Å². The van der Waals surface area contributed by atoms with Crippen molar-refractivity contribution in [1.82, 2.24) is 0 Å². The number of rotatable bonds is 10. The van der Waals surface area contributed by atoms with E-state index < -0.39 is 0 Å². The van der Waals surface area contributed by atoms with E-state index in [1.165, 1.54) is 44.9 Å². The zero-order chi connectivity index (χ0) is 11.5. The van der Waals surface area contributed by atoms with Crippen LogP contribution in [0.2, 0.25) is 0 Å². The Bertz CT molecular complexity index is 126. The van der Waals surface area contributed by atoms with Gasteiger partial charge in [-0.15, -0.1) is 23.2 Å². The van der Waals surface area contributed by atoms with Gasteiger partial charge in [0, 0.05) is 10.8 Å². The van der Waals surface area contributed by atoms with Gasteiger partial charge in [0.2, 0.25) is 0 Å². The fraction of sp³-hybridized carbons (Fsp3) is 1.00. The SMILES string of the molecule is CCCCCCCCCC(Cl)C(Cl)CC. The van der Waals surface area contributed by atoms with E-state index in [9.17, 15) is 0 Å². The summed E-state index contributed by atoms with van der Waals surface area (Å²) in [4.78, 5) is 0. The predicted octanol–water partition coefficient (Wildman–Crippen LogP) is 5.75. The van der Waals surface area contributed by atoms with Gasteiger partial charge in [0.25, 0.3) is 0 Å². The zero-order valence-electron chi connectivity index (χ0n) is 10.3. The monoisotopic (exact) mass is 252 g/mol. The van der Waals surface area contributed by atoms with E-state index in [-0.39, 0.29) is 10.8 Å². The van der Waals surface area contributed by atoms with Crippen LogP contribution in [-0.2, 0) is 0 Å². The van der Waals surface area contributed by atoms with Crippen LogP contribution in [0.4, 0.5) is 0 Å². The van der Waals surface area contributed by atoms with Crippen molar-refractivity contribution in [3.63, 3.8) is 0 Å². The molecule has 0 radical (unpaired) electrons. The molecule has 0 N–H and O–H groups in total. The summed E-state index contributed by atoms with van der Waals surface area (Å²) >= 11 is 12.2. The molecule has 0 fully saturated rings. The van der Waals surface area contributed by atoms with Crippen molar-refractivity contribution in [2.45, 2.75) is 82.4 Å². The number of halogens is 2. The summed E-state index contributed by atoms with van der Waals surface area (Å²) < 4.78 is 0. The molecule has 2 unspecified atom stereocenters. The van der Waals surface area contributed by atoms with Crippen molar-refractivity contribution in [1.29, 1.82) is 0 Å². The fourth-order valence-electron chi connectivity index (χ4n) is 1.73. The van der Waals surface area contributed by atoms with Gasteiger partial charge < -0.3 is 0 Å². The van der Waals surface area contributed by atoms with Gasteiger partial charge in [-0.1, -0.05) is 58.8 Å². The molecule has 0 saturated heterocycles. The Hall–Kier alpha value is 0.580. The number of hydrogen-bond donors (Lipinski definition) is 0. The van der Waals surface area contributed by atoms with Crippen LogP contribution in [0, 0.1) is 0 Å². The average Bonchev–Trinajstić information content (AvgIpc) is 2.26. The second kappa shape index (κ2) is 11.1. The molecule has 0 bridgehead atoms. The van der Waals surface area contributed by atoms with Crippen LogP contribution in [0.5, 0.6) is 0 Å². The van der Waals surface area contributed by atoms with Gasteiger partial charge in [0.1, 0.15) is 0 Å². The topological polar surface area (TPSA) is 0 Å². The van der Waals surface area contributed by atoms with E-state index in [1.807, 2.05) is 0 Å². The summed E-state index contributed by atoms with van der Waals surface area (Å²) in [7, 11) is 0. The molecule has 0 aromatic rings. The van der Waals surface area contributed by atoms with Crippen LogP contribution in [0.15, 0.2) is 0 Å². The maximum Gasteiger partial charge on any atom is 0.0499 e. The fourth-order valence-corrected chi connectivity index (χ4v) is 2.19. The van der Waals surface area contributed by atoms with Gasteiger partial charge in [-0.3, -0.25) is 0 Å². The Morgan fingerprint density at radius 1 is 0.733 bits per heavy atom. The van der Waals surface area contributed by atoms with Crippen LogP contribution >= 0.6 is 23.2 Å². The molecular weight excluding hydrogens is 227 g/mol. The minimum atomic E-state index is 0.159. The molecule has 92 valence electrons. The van der Waals surface area contributed by atoms with E-state index >= 15 is 0 Å². The Morgan fingerprint density at radius 2 is 1.27 bits per heavy atom. The summed E-state index contributed by atoms with van der Waals surface area (Å²) in [6.45, 7) is 4.35. The van der Waals surface area contributed by atoms with E-state index in [2.05, 4.69) is 13.8 Å². The molecule has 0 aromatic carbocycles. The predicted molar refractivity (Wildman–Crippen MR) is 72.2 cm³/mol. The van der Waals surface area contributed by atoms with Gasteiger partial charge >= 0.3 is 0 Å². The second-order valence-electron chi connectivity index (χ2n) is 4.35. The third-order valence-corrected chi connectivity index (χ3v) is 4.13. The Morgan fingerprint density at radius 3 is 1.80 bits per heavy atom. The molecule has 0 amide bonds. The third kappa shape index (κ3) is 9.51. The third-order valence-electron chi connectivity index (χ3n) is 2.87. The van der Waals surface area contributed by atoms with Gasteiger partial charge in [-0.05, 0) is 12.8 Å². The van der Waals surface area contributed by atoms with Gasteiger partial charge in [0.05, 0.1) is 0 Å². The highest BCUT2D eigenvalue weighted by Gasteiger charge is 2.13. The molecule has 15 heavy (non-hydrogen) atoms. The van der Waals surface area contributed by atoms with Crippen molar-refractivity contribution >= 4 is 23.2 Å². The quantitative estimate of drug-likeness (QED) is 0.343. The smallest absolute Gasteiger partial charge is 0.0499 e. The van der Waals surface area contributed by atoms with Crippen LogP contribution in [0.3, 0.4) is 0 Å². The Balaban J connectivity index is 3.16. The number of unbranched alkanes of at least 4 members (excludes halogenated alkanes) is 6. The summed E-state index contributed by atoms with van der Waals surface area (Å²) in [5.74, 6) is 0. The molecule has 0 aromatic heterocycles. The van der Waals surface area contributed by atoms with Crippen molar-refractivity contribution < 1.29 is 0 Å². The lowest BCUT2D eigenvalue weighted by Crippen LogP contribution is -2.13. The lowest BCUT2D eigenvalue weighted by Gasteiger charge is -2.13. The molecule has 0 aliphatic heterocycles. The summed E-state index contributed by atoms with van der Waals surface area (Å²) in [5, 5.41) is 0.332. The molecule has 0 aliphatic rings. The maximum absolute atomic E-state index is 6.16. The molecule has 2 heteroatoms. The second-order valence-corrected chi connectivity index (χ2v) is 5.47.